The van der Waals surface area contributed by atoms with E-state index >= 15 is 0 Å². The second-order valence-corrected chi connectivity index (χ2v) is 4.92. The molecule has 2 aromatic carbocycles. The van der Waals surface area contributed by atoms with Gasteiger partial charge >= 0.3 is 0 Å². The fraction of sp³-hybridized carbons (Fsp3) is 0.133. The van der Waals surface area contributed by atoms with Crippen molar-refractivity contribution < 1.29 is 4.79 Å². The first-order valence-electron chi connectivity index (χ1n) is 5.91. The maximum atomic E-state index is 12.1. The molecular weight excluding hydrogens is 260 g/mol. The topological polar surface area (TPSA) is 55.1 Å². The Balaban J connectivity index is 2.24. The normalized spacial score (nSPS) is 10.3. The van der Waals surface area contributed by atoms with Crippen LogP contribution in [0.4, 0.5) is 11.4 Å². The highest BCUT2D eigenvalue weighted by molar-refractivity contribution is 6.32. The Morgan fingerprint density at radius 1 is 1.16 bits per heavy atom. The third-order valence-electron chi connectivity index (χ3n) is 2.89. The molecule has 0 bridgehead atoms. The highest BCUT2D eigenvalue weighted by Gasteiger charge is 2.09. The molecule has 0 aromatic heterocycles. The average molecular weight is 275 g/mol. The number of carbonyl (C=O) groups excluding carboxylic acids is 1. The van der Waals surface area contributed by atoms with Gasteiger partial charge in [-0.3, -0.25) is 4.79 Å². The van der Waals surface area contributed by atoms with Gasteiger partial charge in [-0.2, -0.15) is 0 Å². The summed E-state index contributed by atoms with van der Waals surface area (Å²) in [5.74, 6) is -0.202. The van der Waals surface area contributed by atoms with E-state index in [2.05, 4.69) is 5.32 Å². The molecule has 3 N–H and O–H groups in total. The van der Waals surface area contributed by atoms with Crippen molar-refractivity contribution in [3.05, 3.63) is 58.1 Å². The number of nitrogens with two attached hydrogens (primary N) is 1. The maximum absolute atomic E-state index is 12.1. The second-order valence-electron chi connectivity index (χ2n) is 4.51. The molecule has 2 rings (SSSR count). The molecule has 2 aromatic rings. The van der Waals surface area contributed by atoms with Gasteiger partial charge in [-0.1, -0.05) is 29.3 Å². The Bertz CT molecular complexity index is 621. The van der Waals surface area contributed by atoms with E-state index in [0.29, 0.717) is 22.0 Å². The van der Waals surface area contributed by atoms with Crippen LogP contribution in [0.5, 0.6) is 0 Å². The summed E-state index contributed by atoms with van der Waals surface area (Å²) in [7, 11) is 0. The number of hydrogen-bond acceptors (Lipinski definition) is 2. The van der Waals surface area contributed by atoms with E-state index in [4.69, 9.17) is 17.3 Å². The van der Waals surface area contributed by atoms with Crippen LogP contribution in [-0.2, 0) is 0 Å². The molecule has 0 aliphatic heterocycles. The van der Waals surface area contributed by atoms with Gasteiger partial charge in [0.25, 0.3) is 5.91 Å². The predicted octanol–water partition coefficient (Wildman–Crippen LogP) is 3.79. The summed E-state index contributed by atoms with van der Waals surface area (Å²) in [5, 5.41) is 3.34. The lowest BCUT2D eigenvalue weighted by atomic mass is 10.1. The highest BCUT2D eigenvalue weighted by Crippen LogP contribution is 2.27. The van der Waals surface area contributed by atoms with E-state index in [0.717, 1.165) is 11.1 Å². The Morgan fingerprint density at radius 2 is 1.79 bits per heavy atom. The highest BCUT2D eigenvalue weighted by atomic mass is 35.5. The first-order valence-corrected chi connectivity index (χ1v) is 6.29. The lowest BCUT2D eigenvalue weighted by Gasteiger charge is -2.10. The van der Waals surface area contributed by atoms with E-state index in [-0.39, 0.29) is 5.91 Å². The number of benzene rings is 2. The number of nitrogens with one attached hydrogen (secondary N) is 1. The molecule has 0 aliphatic rings. The Morgan fingerprint density at radius 3 is 2.42 bits per heavy atom. The van der Waals surface area contributed by atoms with E-state index in [1.54, 1.807) is 24.3 Å². The zero-order valence-corrected chi connectivity index (χ0v) is 11.6. The Labute approximate surface area is 117 Å². The van der Waals surface area contributed by atoms with Crippen LogP contribution in [0.1, 0.15) is 21.5 Å². The molecule has 0 spiro atoms. The van der Waals surface area contributed by atoms with Crippen LogP contribution in [0.2, 0.25) is 5.02 Å². The van der Waals surface area contributed by atoms with Crippen LogP contribution >= 0.6 is 11.6 Å². The molecule has 3 nitrogen and oxygen atoms in total. The van der Waals surface area contributed by atoms with Crippen LogP contribution < -0.4 is 11.1 Å². The number of anilines is 2. The third-order valence-corrected chi connectivity index (χ3v) is 3.30. The molecule has 0 fully saturated rings. The van der Waals surface area contributed by atoms with Gasteiger partial charge in [0.05, 0.1) is 11.4 Å². The van der Waals surface area contributed by atoms with Crippen molar-refractivity contribution in [2.75, 3.05) is 11.1 Å². The van der Waals surface area contributed by atoms with Crippen molar-refractivity contribution in [2.45, 2.75) is 13.8 Å². The van der Waals surface area contributed by atoms with E-state index in [1.165, 1.54) is 0 Å². The quantitative estimate of drug-likeness (QED) is 0.819. The van der Waals surface area contributed by atoms with Gasteiger partial charge in [-0.15, -0.1) is 0 Å². The largest absolute Gasteiger partial charge is 0.397 e. The number of amides is 1. The van der Waals surface area contributed by atoms with Gasteiger partial charge in [-0.05, 0) is 43.7 Å². The molecule has 0 aliphatic carbocycles. The minimum absolute atomic E-state index is 0.202. The molecule has 0 saturated heterocycles. The molecule has 0 radical (unpaired) electrons. The summed E-state index contributed by atoms with van der Waals surface area (Å²) in [5.41, 5.74) is 9.47. The van der Waals surface area contributed by atoms with Gasteiger partial charge in [-0.25, -0.2) is 0 Å². The molecule has 0 heterocycles. The Kier molecular flexibility index (Phi) is 3.76. The monoisotopic (exact) mass is 274 g/mol. The van der Waals surface area contributed by atoms with Crippen molar-refractivity contribution in [1.29, 1.82) is 0 Å². The average Bonchev–Trinajstić information content (AvgIpc) is 2.36. The lowest BCUT2D eigenvalue weighted by molar-refractivity contribution is 0.102. The zero-order valence-electron chi connectivity index (χ0n) is 10.8. The van der Waals surface area contributed by atoms with Crippen LogP contribution in [0.25, 0.3) is 0 Å². The molecular formula is C15H15ClN2O. The van der Waals surface area contributed by atoms with Crippen LogP contribution in [0.15, 0.2) is 36.4 Å². The van der Waals surface area contributed by atoms with Crippen molar-refractivity contribution in [3.63, 3.8) is 0 Å². The van der Waals surface area contributed by atoms with Gasteiger partial charge in [0, 0.05) is 10.6 Å². The molecule has 4 heteroatoms. The fourth-order valence-electron chi connectivity index (χ4n) is 1.71. The van der Waals surface area contributed by atoms with Gasteiger partial charge in [0.15, 0.2) is 0 Å². The minimum Gasteiger partial charge on any atom is -0.397 e. The van der Waals surface area contributed by atoms with Gasteiger partial charge in [0.1, 0.15) is 0 Å². The minimum atomic E-state index is -0.202. The smallest absolute Gasteiger partial charge is 0.255 e. The van der Waals surface area contributed by atoms with E-state index < -0.39 is 0 Å². The first kappa shape index (κ1) is 13.4. The van der Waals surface area contributed by atoms with Crippen LogP contribution in [0.3, 0.4) is 0 Å². The van der Waals surface area contributed by atoms with Crippen LogP contribution in [-0.4, -0.2) is 5.91 Å². The van der Waals surface area contributed by atoms with E-state index in [1.807, 2.05) is 26.0 Å². The zero-order chi connectivity index (χ0) is 14.0. The molecule has 0 atom stereocenters. The summed E-state index contributed by atoms with van der Waals surface area (Å²) < 4.78 is 0. The van der Waals surface area contributed by atoms with Crippen molar-refractivity contribution in [1.82, 2.24) is 0 Å². The molecule has 1 amide bonds. The maximum Gasteiger partial charge on any atom is 0.255 e. The standard InChI is InChI=1S/C15H15ClN2O/c1-9-3-5-11(6-4-9)15(19)18-14-8-12(16)10(2)7-13(14)17/h3-8H,17H2,1-2H3,(H,18,19). The third kappa shape index (κ3) is 3.06. The summed E-state index contributed by atoms with van der Waals surface area (Å²) in [6, 6.07) is 10.7. The van der Waals surface area contributed by atoms with E-state index in [9.17, 15) is 4.79 Å². The molecule has 0 unspecified atom stereocenters. The molecule has 98 valence electrons. The summed E-state index contributed by atoms with van der Waals surface area (Å²) in [4.78, 5) is 12.1. The van der Waals surface area contributed by atoms with Gasteiger partial charge < -0.3 is 11.1 Å². The first-order chi connectivity index (χ1) is 8.97. The predicted molar refractivity (Wildman–Crippen MR) is 79.7 cm³/mol. The molecule has 0 saturated carbocycles. The van der Waals surface area contributed by atoms with Crippen molar-refractivity contribution >= 4 is 28.9 Å². The number of carbonyl (C=O) groups is 1. The summed E-state index contributed by atoms with van der Waals surface area (Å²) in [6.07, 6.45) is 0. The van der Waals surface area contributed by atoms with Crippen molar-refractivity contribution in [2.24, 2.45) is 0 Å². The molecule has 19 heavy (non-hydrogen) atoms. The number of rotatable bonds is 2. The van der Waals surface area contributed by atoms with Crippen LogP contribution in [0, 0.1) is 13.8 Å². The number of hydrogen-bond donors (Lipinski definition) is 2. The van der Waals surface area contributed by atoms with Gasteiger partial charge in [0.2, 0.25) is 0 Å². The summed E-state index contributed by atoms with van der Waals surface area (Å²) in [6.45, 7) is 3.84. The SMILES string of the molecule is Cc1ccc(C(=O)Nc2cc(Cl)c(C)cc2N)cc1. The number of halogens is 1. The van der Waals surface area contributed by atoms with Crippen molar-refractivity contribution in [3.8, 4) is 0 Å². The fourth-order valence-corrected chi connectivity index (χ4v) is 1.88. The Hall–Kier alpha value is -2.00. The summed E-state index contributed by atoms with van der Waals surface area (Å²) >= 11 is 6.03. The number of aryl methyl sites for hydroxylation is 2. The number of nitrogen functional groups attached to an aromatic ring is 1. The second kappa shape index (κ2) is 5.33. The lowest BCUT2D eigenvalue weighted by Crippen LogP contribution is -2.13.